The third kappa shape index (κ3) is 4.07. The van der Waals surface area contributed by atoms with Crippen molar-refractivity contribution >= 4 is 20.9 Å². The summed E-state index contributed by atoms with van der Waals surface area (Å²) in [5.41, 5.74) is 3.18. The first kappa shape index (κ1) is 19.0. The molecule has 0 bridgehead atoms. The van der Waals surface area contributed by atoms with Gasteiger partial charge in [0.25, 0.3) is 0 Å². The van der Waals surface area contributed by atoms with Crippen LogP contribution in [0.2, 0.25) is 0 Å². The highest BCUT2D eigenvalue weighted by Gasteiger charge is 2.25. The summed E-state index contributed by atoms with van der Waals surface area (Å²) in [6.45, 7) is 3.06. The predicted molar refractivity (Wildman–Crippen MR) is 108 cm³/mol. The summed E-state index contributed by atoms with van der Waals surface area (Å²) >= 11 is 0. The van der Waals surface area contributed by atoms with Crippen molar-refractivity contribution in [3.63, 3.8) is 0 Å². The maximum atomic E-state index is 12.7. The molecular formula is C21H23N3O3S. The van der Waals surface area contributed by atoms with Crippen molar-refractivity contribution in [1.82, 2.24) is 14.6 Å². The molecule has 0 spiro atoms. The molecule has 1 fully saturated rings. The molecule has 0 aliphatic carbocycles. The largest absolute Gasteiger partial charge is 0.379 e. The summed E-state index contributed by atoms with van der Waals surface area (Å²) < 4.78 is 32.1. The van der Waals surface area contributed by atoms with Crippen LogP contribution in [0.25, 0.3) is 10.9 Å². The molecule has 28 heavy (non-hydrogen) atoms. The molecule has 0 unspecified atom stereocenters. The normalized spacial score (nSPS) is 15.7. The second-order valence-electron chi connectivity index (χ2n) is 6.76. The summed E-state index contributed by atoms with van der Waals surface area (Å²) in [6, 6.07) is 17.2. The van der Waals surface area contributed by atoms with E-state index in [0.717, 1.165) is 22.0 Å². The molecule has 146 valence electrons. The van der Waals surface area contributed by atoms with Crippen LogP contribution in [0.3, 0.4) is 0 Å². The summed E-state index contributed by atoms with van der Waals surface area (Å²) in [6.07, 6.45) is 1.81. The fourth-order valence-corrected chi connectivity index (χ4v) is 4.77. The van der Waals surface area contributed by atoms with Crippen molar-refractivity contribution in [2.24, 2.45) is 0 Å². The minimum absolute atomic E-state index is 0.330. The van der Waals surface area contributed by atoms with Crippen LogP contribution < -0.4 is 5.32 Å². The number of ether oxygens (including phenoxy) is 1. The molecule has 1 aromatic heterocycles. The van der Waals surface area contributed by atoms with E-state index in [1.807, 2.05) is 24.3 Å². The average Bonchev–Trinajstić information content (AvgIpc) is 2.75. The second-order valence-corrected chi connectivity index (χ2v) is 8.69. The molecule has 3 aromatic rings. The number of rotatable bonds is 6. The topological polar surface area (TPSA) is 71.5 Å². The van der Waals surface area contributed by atoms with Gasteiger partial charge in [0.1, 0.15) is 0 Å². The number of sulfonamides is 1. The molecule has 0 saturated carbocycles. The lowest BCUT2D eigenvalue weighted by atomic mass is 10.1. The lowest BCUT2D eigenvalue weighted by molar-refractivity contribution is 0.0730. The molecule has 2 heterocycles. The van der Waals surface area contributed by atoms with Gasteiger partial charge in [-0.25, -0.2) is 8.42 Å². The molecule has 7 heteroatoms. The smallest absolute Gasteiger partial charge is 0.243 e. The van der Waals surface area contributed by atoms with Gasteiger partial charge in [-0.3, -0.25) is 4.98 Å². The second kappa shape index (κ2) is 8.36. The van der Waals surface area contributed by atoms with Crippen LogP contribution >= 0.6 is 0 Å². The minimum Gasteiger partial charge on any atom is -0.379 e. The molecular weight excluding hydrogens is 374 g/mol. The van der Waals surface area contributed by atoms with Gasteiger partial charge in [0.05, 0.1) is 23.6 Å². The standard InChI is InChI=1S/C21H23N3O3S/c25-28(26,24-11-13-27-14-12-24)20-8-6-17(7-9-20)15-22-16-19-4-1-3-18-5-2-10-23-21(18)19/h1-10,22H,11-16H2. The maximum Gasteiger partial charge on any atom is 0.243 e. The number of aromatic nitrogens is 1. The third-order valence-corrected chi connectivity index (χ3v) is 6.80. The molecule has 4 rings (SSSR count). The lowest BCUT2D eigenvalue weighted by Gasteiger charge is -2.26. The van der Waals surface area contributed by atoms with E-state index in [1.54, 1.807) is 18.3 Å². The van der Waals surface area contributed by atoms with Crippen molar-refractivity contribution in [2.45, 2.75) is 18.0 Å². The highest BCUT2D eigenvalue weighted by atomic mass is 32.2. The Bertz CT molecular complexity index is 1040. The first-order chi connectivity index (χ1) is 13.6. The number of para-hydroxylation sites is 1. The Kier molecular flexibility index (Phi) is 5.68. The monoisotopic (exact) mass is 397 g/mol. The Hall–Kier alpha value is -2.32. The summed E-state index contributed by atoms with van der Waals surface area (Å²) in [5.74, 6) is 0. The van der Waals surface area contributed by atoms with E-state index in [9.17, 15) is 8.42 Å². The van der Waals surface area contributed by atoms with Gasteiger partial charge >= 0.3 is 0 Å². The average molecular weight is 398 g/mol. The van der Waals surface area contributed by atoms with Crippen LogP contribution in [-0.2, 0) is 27.8 Å². The number of hydrogen-bond donors (Lipinski definition) is 1. The molecule has 1 N–H and O–H groups in total. The van der Waals surface area contributed by atoms with Gasteiger partial charge in [-0.1, -0.05) is 36.4 Å². The van der Waals surface area contributed by atoms with E-state index >= 15 is 0 Å². The van der Waals surface area contributed by atoms with Crippen molar-refractivity contribution < 1.29 is 13.2 Å². The Morgan fingerprint density at radius 3 is 2.50 bits per heavy atom. The Labute approximate surface area is 165 Å². The van der Waals surface area contributed by atoms with E-state index < -0.39 is 10.0 Å². The first-order valence-corrected chi connectivity index (χ1v) is 10.8. The SMILES string of the molecule is O=S(=O)(c1ccc(CNCc2cccc3cccnc23)cc1)N1CCOCC1. The van der Waals surface area contributed by atoms with Crippen molar-refractivity contribution in [3.05, 3.63) is 71.9 Å². The molecule has 0 amide bonds. The summed E-state index contributed by atoms with van der Waals surface area (Å²) in [7, 11) is -3.44. The van der Waals surface area contributed by atoms with Crippen LogP contribution in [0, 0.1) is 0 Å². The van der Waals surface area contributed by atoms with Crippen LogP contribution in [0.4, 0.5) is 0 Å². The quantitative estimate of drug-likeness (QED) is 0.692. The molecule has 1 saturated heterocycles. The number of fused-ring (bicyclic) bond motifs is 1. The number of benzene rings is 2. The Balaban J connectivity index is 1.39. The van der Waals surface area contributed by atoms with E-state index in [2.05, 4.69) is 28.5 Å². The predicted octanol–water partition coefficient (Wildman–Crippen LogP) is 2.55. The van der Waals surface area contributed by atoms with Gasteiger partial charge in [-0.15, -0.1) is 0 Å². The number of nitrogens with zero attached hydrogens (tertiary/aromatic N) is 2. The van der Waals surface area contributed by atoms with Crippen LogP contribution in [0.5, 0.6) is 0 Å². The molecule has 0 radical (unpaired) electrons. The molecule has 2 aromatic carbocycles. The Morgan fingerprint density at radius 2 is 1.71 bits per heavy atom. The zero-order valence-electron chi connectivity index (χ0n) is 15.5. The zero-order valence-corrected chi connectivity index (χ0v) is 16.4. The van der Waals surface area contributed by atoms with E-state index in [1.165, 1.54) is 4.31 Å². The highest BCUT2D eigenvalue weighted by molar-refractivity contribution is 7.89. The van der Waals surface area contributed by atoms with E-state index in [0.29, 0.717) is 44.3 Å². The highest BCUT2D eigenvalue weighted by Crippen LogP contribution is 2.18. The van der Waals surface area contributed by atoms with Crippen molar-refractivity contribution in [3.8, 4) is 0 Å². The number of morpholine rings is 1. The van der Waals surface area contributed by atoms with Crippen LogP contribution in [0.15, 0.2) is 65.7 Å². The molecule has 1 aliphatic rings. The molecule has 1 aliphatic heterocycles. The fourth-order valence-electron chi connectivity index (χ4n) is 3.37. The van der Waals surface area contributed by atoms with Gasteiger partial charge in [0.15, 0.2) is 0 Å². The number of nitrogens with one attached hydrogen (secondary N) is 1. The zero-order chi connectivity index (χ0) is 19.4. The van der Waals surface area contributed by atoms with Gasteiger partial charge in [-0.2, -0.15) is 4.31 Å². The number of hydrogen-bond acceptors (Lipinski definition) is 5. The lowest BCUT2D eigenvalue weighted by Crippen LogP contribution is -2.40. The summed E-state index contributed by atoms with van der Waals surface area (Å²) in [5, 5.41) is 4.54. The van der Waals surface area contributed by atoms with E-state index in [4.69, 9.17) is 4.74 Å². The van der Waals surface area contributed by atoms with Crippen molar-refractivity contribution in [2.75, 3.05) is 26.3 Å². The minimum atomic E-state index is -3.44. The van der Waals surface area contributed by atoms with Crippen LogP contribution in [-0.4, -0.2) is 44.0 Å². The first-order valence-electron chi connectivity index (χ1n) is 9.35. The Morgan fingerprint density at radius 1 is 0.964 bits per heavy atom. The van der Waals surface area contributed by atoms with E-state index in [-0.39, 0.29) is 0 Å². The van der Waals surface area contributed by atoms with Gasteiger partial charge in [0, 0.05) is 37.8 Å². The third-order valence-electron chi connectivity index (χ3n) is 4.89. The van der Waals surface area contributed by atoms with Gasteiger partial charge in [0.2, 0.25) is 10.0 Å². The van der Waals surface area contributed by atoms with Crippen molar-refractivity contribution in [1.29, 1.82) is 0 Å². The van der Waals surface area contributed by atoms with Gasteiger partial charge < -0.3 is 10.1 Å². The maximum absolute atomic E-state index is 12.7. The molecule has 0 atom stereocenters. The van der Waals surface area contributed by atoms with Gasteiger partial charge in [-0.05, 0) is 29.3 Å². The van der Waals surface area contributed by atoms with Crippen LogP contribution in [0.1, 0.15) is 11.1 Å². The fraction of sp³-hybridized carbons (Fsp3) is 0.286. The molecule has 6 nitrogen and oxygen atoms in total. The summed E-state index contributed by atoms with van der Waals surface area (Å²) in [4.78, 5) is 4.80. The number of pyridine rings is 1.